The zero-order valence-electron chi connectivity index (χ0n) is 18.1. The van der Waals surface area contributed by atoms with E-state index in [1.165, 1.54) is 17.4 Å². The van der Waals surface area contributed by atoms with Crippen LogP contribution >= 0.6 is 11.3 Å². The summed E-state index contributed by atoms with van der Waals surface area (Å²) in [6.07, 6.45) is -0.892. The standard InChI is InChI=1S/C25H16F3N5OS/c1-12-2-3-13(22-31-17-5-4-15(25(26,27)28)10-19(17)32-22)8-18(12)33-24(34)20-9-14-11-30-23-16(6-7-29-23)21(14)35-20/h2-11H,1H3,(H,29,30)(H,31,32)(H,33,34). The van der Waals surface area contributed by atoms with Crippen LogP contribution in [0.15, 0.2) is 60.9 Å². The molecular weight excluding hydrogens is 475 g/mol. The van der Waals surface area contributed by atoms with Crippen LogP contribution in [0.5, 0.6) is 0 Å². The first-order valence-corrected chi connectivity index (χ1v) is 11.4. The van der Waals surface area contributed by atoms with E-state index >= 15 is 0 Å². The molecule has 4 heterocycles. The number of rotatable bonds is 3. The molecule has 3 N–H and O–H groups in total. The second-order valence-electron chi connectivity index (χ2n) is 8.19. The van der Waals surface area contributed by atoms with Gasteiger partial charge in [-0.05, 0) is 48.9 Å². The second kappa shape index (κ2) is 7.67. The molecule has 0 atom stereocenters. The van der Waals surface area contributed by atoms with Crippen LogP contribution in [0.25, 0.3) is 43.5 Å². The largest absolute Gasteiger partial charge is 0.416 e. The van der Waals surface area contributed by atoms with E-state index in [0.29, 0.717) is 27.5 Å². The van der Waals surface area contributed by atoms with Crippen LogP contribution < -0.4 is 5.32 Å². The topological polar surface area (TPSA) is 86.5 Å². The molecule has 0 saturated carbocycles. The second-order valence-corrected chi connectivity index (χ2v) is 9.24. The van der Waals surface area contributed by atoms with Crippen LogP contribution in [-0.2, 0) is 6.18 Å². The van der Waals surface area contributed by atoms with Gasteiger partial charge in [0.15, 0.2) is 0 Å². The van der Waals surface area contributed by atoms with Gasteiger partial charge in [-0.1, -0.05) is 12.1 Å². The van der Waals surface area contributed by atoms with Gasteiger partial charge in [0.05, 0.1) is 21.5 Å². The Morgan fingerprint density at radius 3 is 2.77 bits per heavy atom. The molecule has 2 aromatic carbocycles. The lowest BCUT2D eigenvalue weighted by atomic mass is 10.1. The third kappa shape index (κ3) is 3.71. The molecule has 4 aromatic heterocycles. The Morgan fingerprint density at radius 2 is 1.94 bits per heavy atom. The molecule has 0 bridgehead atoms. The zero-order chi connectivity index (χ0) is 24.3. The molecule has 10 heteroatoms. The van der Waals surface area contributed by atoms with Gasteiger partial charge in [0.25, 0.3) is 5.91 Å². The van der Waals surface area contributed by atoms with Crippen molar-refractivity contribution < 1.29 is 18.0 Å². The van der Waals surface area contributed by atoms with E-state index in [-0.39, 0.29) is 11.4 Å². The van der Waals surface area contributed by atoms with Gasteiger partial charge in [0, 0.05) is 39.1 Å². The lowest BCUT2D eigenvalue weighted by Crippen LogP contribution is -2.11. The van der Waals surface area contributed by atoms with Crippen molar-refractivity contribution >= 4 is 55.1 Å². The summed E-state index contributed by atoms with van der Waals surface area (Å²) in [5.41, 5.74) is 2.80. The highest BCUT2D eigenvalue weighted by molar-refractivity contribution is 7.21. The molecule has 0 spiro atoms. The Kier molecular flexibility index (Phi) is 4.68. The number of hydrogen-bond acceptors (Lipinski definition) is 4. The van der Waals surface area contributed by atoms with E-state index in [1.54, 1.807) is 18.3 Å². The number of aromatic amines is 2. The van der Waals surface area contributed by atoms with Crippen LogP contribution in [0.1, 0.15) is 20.8 Å². The molecule has 6 nitrogen and oxygen atoms in total. The fraction of sp³-hybridized carbons (Fsp3) is 0.0800. The van der Waals surface area contributed by atoms with Gasteiger partial charge in [-0.25, -0.2) is 9.97 Å². The number of thiophene rings is 1. The highest BCUT2D eigenvalue weighted by Gasteiger charge is 2.30. The summed E-state index contributed by atoms with van der Waals surface area (Å²) in [5.74, 6) is 0.159. The number of aryl methyl sites for hydroxylation is 1. The van der Waals surface area contributed by atoms with Crippen LogP contribution in [0.2, 0.25) is 0 Å². The number of nitrogens with zero attached hydrogens (tertiary/aromatic N) is 2. The fourth-order valence-corrected chi connectivity index (χ4v) is 5.07. The number of H-pyrrole nitrogens is 2. The van der Waals surface area contributed by atoms with Crippen LogP contribution in [0, 0.1) is 6.92 Å². The van der Waals surface area contributed by atoms with Crippen molar-refractivity contribution in [3.05, 3.63) is 76.9 Å². The molecule has 0 unspecified atom stereocenters. The van der Waals surface area contributed by atoms with Gasteiger partial charge in [0.1, 0.15) is 11.5 Å². The number of anilines is 1. The summed E-state index contributed by atoms with van der Waals surface area (Å²) in [4.78, 5) is 28.5. The molecule has 1 amide bonds. The zero-order valence-corrected chi connectivity index (χ0v) is 18.9. The number of halogens is 3. The average molecular weight is 491 g/mol. The van der Waals surface area contributed by atoms with Crippen molar-refractivity contribution in [2.75, 3.05) is 5.32 Å². The molecule has 0 saturated heterocycles. The Morgan fingerprint density at radius 1 is 1.09 bits per heavy atom. The fourth-order valence-electron chi connectivity index (χ4n) is 4.01. The summed E-state index contributed by atoms with van der Waals surface area (Å²) in [5, 5.41) is 4.80. The van der Waals surface area contributed by atoms with Crippen LogP contribution in [-0.4, -0.2) is 25.8 Å². The highest BCUT2D eigenvalue weighted by atomic mass is 32.1. The van der Waals surface area contributed by atoms with Crippen molar-refractivity contribution in [3.63, 3.8) is 0 Å². The number of alkyl halides is 3. The summed E-state index contributed by atoms with van der Waals surface area (Å²) in [6, 6.07) is 12.5. The predicted molar refractivity (Wildman–Crippen MR) is 131 cm³/mol. The van der Waals surface area contributed by atoms with E-state index < -0.39 is 11.7 Å². The molecular formula is C25H16F3N5OS. The smallest absolute Gasteiger partial charge is 0.346 e. The number of hydrogen-bond donors (Lipinski definition) is 3. The van der Waals surface area contributed by atoms with Crippen molar-refractivity contribution in [3.8, 4) is 11.4 Å². The third-order valence-electron chi connectivity index (χ3n) is 5.86. The first-order valence-electron chi connectivity index (χ1n) is 10.6. The molecule has 6 aromatic rings. The maximum atomic E-state index is 13.1. The first kappa shape index (κ1) is 21.4. The number of carbonyl (C=O) groups is 1. The Bertz CT molecular complexity index is 1760. The third-order valence-corrected chi connectivity index (χ3v) is 7.04. The van der Waals surface area contributed by atoms with Crippen molar-refractivity contribution in [2.45, 2.75) is 13.1 Å². The number of benzene rings is 2. The summed E-state index contributed by atoms with van der Waals surface area (Å²) in [7, 11) is 0. The van der Waals surface area contributed by atoms with Gasteiger partial charge in [-0.15, -0.1) is 11.3 Å². The maximum absolute atomic E-state index is 13.1. The predicted octanol–water partition coefficient (Wildman–Crippen LogP) is 6.90. The monoisotopic (exact) mass is 491 g/mol. The average Bonchev–Trinajstić information content (AvgIpc) is 3.55. The summed E-state index contributed by atoms with van der Waals surface area (Å²) < 4.78 is 40.1. The van der Waals surface area contributed by atoms with E-state index in [9.17, 15) is 18.0 Å². The lowest BCUT2D eigenvalue weighted by molar-refractivity contribution is -0.137. The molecule has 0 radical (unpaired) electrons. The van der Waals surface area contributed by atoms with Crippen LogP contribution in [0.4, 0.5) is 18.9 Å². The van der Waals surface area contributed by atoms with Crippen LogP contribution in [0.3, 0.4) is 0 Å². The van der Waals surface area contributed by atoms with E-state index in [2.05, 4.69) is 25.3 Å². The molecule has 174 valence electrons. The molecule has 6 rings (SSSR count). The Labute approximate surface area is 199 Å². The molecule has 0 fully saturated rings. The first-order chi connectivity index (χ1) is 16.8. The van der Waals surface area contributed by atoms with Gasteiger partial charge in [0.2, 0.25) is 0 Å². The minimum absolute atomic E-state index is 0.218. The lowest BCUT2D eigenvalue weighted by Gasteiger charge is -2.09. The number of amides is 1. The minimum Gasteiger partial charge on any atom is -0.346 e. The summed E-state index contributed by atoms with van der Waals surface area (Å²) >= 11 is 1.39. The summed E-state index contributed by atoms with van der Waals surface area (Å²) in [6.45, 7) is 1.87. The number of carbonyl (C=O) groups excluding carboxylic acids is 1. The van der Waals surface area contributed by atoms with Gasteiger partial charge in [-0.2, -0.15) is 13.2 Å². The minimum atomic E-state index is -4.44. The molecule has 0 aliphatic rings. The quantitative estimate of drug-likeness (QED) is 0.252. The molecule has 0 aliphatic heterocycles. The number of fused-ring (bicyclic) bond motifs is 4. The van der Waals surface area contributed by atoms with Gasteiger partial charge >= 0.3 is 6.18 Å². The SMILES string of the molecule is Cc1ccc(-c2nc3cc(C(F)(F)F)ccc3[nH]2)cc1NC(=O)c1cc2cnc3[nH]ccc3c2s1. The maximum Gasteiger partial charge on any atom is 0.416 e. The van der Waals surface area contributed by atoms with Gasteiger partial charge in [-0.3, -0.25) is 4.79 Å². The van der Waals surface area contributed by atoms with Crippen molar-refractivity contribution in [1.29, 1.82) is 0 Å². The Balaban J connectivity index is 1.32. The molecule has 0 aliphatic carbocycles. The number of aromatic nitrogens is 4. The number of pyridine rings is 1. The normalized spacial score (nSPS) is 12.1. The van der Waals surface area contributed by atoms with Crippen molar-refractivity contribution in [2.24, 2.45) is 0 Å². The van der Waals surface area contributed by atoms with E-state index in [4.69, 9.17) is 0 Å². The number of imidazole rings is 1. The number of nitrogens with one attached hydrogen (secondary N) is 3. The van der Waals surface area contributed by atoms with Gasteiger partial charge < -0.3 is 15.3 Å². The van der Waals surface area contributed by atoms with Crippen molar-refractivity contribution in [1.82, 2.24) is 19.9 Å². The highest BCUT2D eigenvalue weighted by Crippen LogP contribution is 2.34. The Hall–Kier alpha value is -4.18. The van der Waals surface area contributed by atoms with E-state index in [1.807, 2.05) is 31.3 Å². The molecule has 35 heavy (non-hydrogen) atoms. The van der Waals surface area contributed by atoms with E-state index in [0.717, 1.165) is 38.8 Å².